The molecule has 0 heterocycles. The van der Waals surface area contributed by atoms with Crippen molar-refractivity contribution < 1.29 is 0 Å². The molecule has 0 aromatic rings. The van der Waals surface area contributed by atoms with Gasteiger partial charge >= 0.3 is 0 Å². The van der Waals surface area contributed by atoms with Gasteiger partial charge in [0.1, 0.15) is 0 Å². The van der Waals surface area contributed by atoms with Gasteiger partial charge in [0.25, 0.3) is 0 Å². The van der Waals surface area contributed by atoms with Gasteiger partial charge in [0.05, 0.1) is 0 Å². The highest BCUT2D eigenvalue weighted by atomic mass is 15.2. The highest BCUT2D eigenvalue weighted by molar-refractivity contribution is 5.82. The first kappa shape index (κ1) is 9.07. The van der Waals surface area contributed by atoms with E-state index in [1.807, 2.05) is 20.8 Å². The number of nitrogens with one attached hydrogen (secondary N) is 1. The molecule has 3 N–H and O–H groups in total. The number of rotatable bonds is 1. The van der Waals surface area contributed by atoms with Gasteiger partial charge in [0, 0.05) is 6.42 Å². The highest BCUT2D eigenvalue weighted by Gasteiger charge is 2.13. The van der Waals surface area contributed by atoms with E-state index in [1.165, 1.54) is 0 Å². The third-order valence-corrected chi connectivity index (χ3v) is 0.967. The summed E-state index contributed by atoms with van der Waals surface area (Å²) in [7, 11) is 0. The maximum absolute atomic E-state index is 6.65. The Balaban J connectivity index is 4.01. The van der Waals surface area contributed by atoms with Gasteiger partial charge in [-0.15, -0.1) is 5.11 Å². The van der Waals surface area contributed by atoms with Crippen LogP contribution in [-0.2, 0) is 0 Å². The Kier molecular flexibility index (Phi) is 2.99. The van der Waals surface area contributed by atoms with Crippen molar-refractivity contribution in [2.75, 3.05) is 0 Å². The van der Waals surface area contributed by atoms with Gasteiger partial charge in [-0.05, 0) is 5.41 Å². The molecule has 4 nitrogen and oxygen atoms in total. The van der Waals surface area contributed by atoms with E-state index in [0.29, 0.717) is 12.3 Å². The predicted octanol–water partition coefficient (Wildman–Crippen LogP) is 1.73. The summed E-state index contributed by atoms with van der Waals surface area (Å²) >= 11 is 0. The van der Waals surface area contributed by atoms with E-state index >= 15 is 0 Å². The van der Waals surface area contributed by atoms with E-state index in [2.05, 4.69) is 10.2 Å². The van der Waals surface area contributed by atoms with Crippen LogP contribution in [0, 0.1) is 10.9 Å². The zero-order valence-corrected chi connectivity index (χ0v) is 6.68. The van der Waals surface area contributed by atoms with Crippen molar-refractivity contribution in [3.8, 4) is 0 Å². The SMILES string of the molecule is CC(C)(C)C/C(N=N)=N/N. The Morgan fingerprint density at radius 2 is 2.00 bits per heavy atom. The molecule has 58 valence electrons. The van der Waals surface area contributed by atoms with Gasteiger partial charge in [0.2, 0.25) is 0 Å². The Bertz CT molecular complexity index is 142. The summed E-state index contributed by atoms with van der Waals surface area (Å²) in [4.78, 5) is 0. The van der Waals surface area contributed by atoms with E-state index in [9.17, 15) is 0 Å². The Hall–Kier alpha value is -0.930. The Labute approximate surface area is 61.0 Å². The number of nitrogens with two attached hydrogens (primary N) is 1. The lowest BCUT2D eigenvalue weighted by molar-refractivity contribution is 0.431. The summed E-state index contributed by atoms with van der Waals surface area (Å²) in [5, 5.41) is 6.52. The second-order valence-corrected chi connectivity index (χ2v) is 3.39. The van der Waals surface area contributed by atoms with Crippen molar-refractivity contribution >= 4 is 5.84 Å². The van der Waals surface area contributed by atoms with E-state index in [1.54, 1.807) is 0 Å². The summed E-state index contributed by atoms with van der Waals surface area (Å²) in [6.45, 7) is 6.14. The molecule has 0 aromatic heterocycles. The minimum absolute atomic E-state index is 0.1000. The molecule has 0 fully saturated rings. The van der Waals surface area contributed by atoms with Crippen molar-refractivity contribution in [2.24, 2.45) is 21.5 Å². The first-order valence-corrected chi connectivity index (χ1v) is 3.14. The fraction of sp³-hybridized carbons (Fsp3) is 0.833. The van der Waals surface area contributed by atoms with Crippen LogP contribution in [0.25, 0.3) is 0 Å². The lowest BCUT2D eigenvalue weighted by Crippen LogP contribution is -2.12. The van der Waals surface area contributed by atoms with Gasteiger partial charge in [0.15, 0.2) is 5.84 Å². The second kappa shape index (κ2) is 3.29. The molecule has 10 heavy (non-hydrogen) atoms. The average molecular weight is 142 g/mol. The van der Waals surface area contributed by atoms with Crippen molar-refractivity contribution in [1.29, 1.82) is 5.53 Å². The molecular weight excluding hydrogens is 128 g/mol. The molecule has 0 amide bonds. The van der Waals surface area contributed by atoms with Gasteiger partial charge < -0.3 is 5.84 Å². The largest absolute Gasteiger partial charge is 0.321 e. The summed E-state index contributed by atoms with van der Waals surface area (Å²) < 4.78 is 0. The smallest absolute Gasteiger partial charge is 0.170 e. The van der Waals surface area contributed by atoms with Crippen LogP contribution in [0.2, 0.25) is 0 Å². The fourth-order valence-corrected chi connectivity index (χ4v) is 0.588. The van der Waals surface area contributed by atoms with E-state index in [0.717, 1.165) is 0 Å². The third-order valence-electron chi connectivity index (χ3n) is 0.967. The molecule has 0 saturated carbocycles. The van der Waals surface area contributed by atoms with Gasteiger partial charge in [-0.1, -0.05) is 20.8 Å². The number of nitrogens with zero attached hydrogens (tertiary/aromatic N) is 2. The topological polar surface area (TPSA) is 74.6 Å². The van der Waals surface area contributed by atoms with Crippen LogP contribution in [0.5, 0.6) is 0 Å². The average Bonchev–Trinajstić information content (AvgIpc) is 1.81. The molecular formula is C6H14N4. The van der Waals surface area contributed by atoms with Crippen LogP contribution >= 0.6 is 0 Å². The second-order valence-electron chi connectivity index (χ2n) is 3.39. The summed E-state index contributed by atoms with van der Waals surface area (Å²) in [6.07, 6.45) is 0.646. The van der Waals surface area contributed by atoms with Gasteiger partial charge in [-0.25, -0.2) is 5.53 Å². The normalized spacial score (nSPS) is 13.3. The van der Waals surface area contributed by atoms with Crippen LogP contribution in [0.4, 0.5) is 0 Å². The fourth-order valence-electron chi connectivity index (χ4n) is 0.588. The highest BCUT2D eigenvalue weighted by Crippen LogP contribution is 2.19. The standard InChI is InChI=1S/C6H14N4/c1-6(2,3)4-5(9-7)10-8/h7H,4,8H2,1-3H3/b9-7?,10-5-. The molecule has 0 aliphatic heterocycles. The number of hydrogen-bond acceptors (Lipinski definition) is 3. The molecule has 0 spiro atoms. The van der Waals surface area contributed by atoms with E-state index in [-0.39, 0.29) is 5.41 Å². The molecule has 0 rings (SSSR count). The summed E-state index contributed by atoms with van der Waals surface area (Å²) in [6, 6.07) is 0. The summed E-state index contributed by atoms with van der Waals surface area (Å²) in [5.41, 5.74) is 6.75. The van der Waals surface area contributed by atoms with Gasteiger partial charge in [-0.3, -0.25) is 0 Å². The van der Waals surface area contributed by atoms with E-state index in [4.69, 9.17) is 11.4 Å². The molecule has 0 radical (unpaired) electrons. The molecule has 0 aliphatic rings. The molecule has 0 bridgehead atoms. The zero-order chi connectivity index (χ0) is 8.20. The first-order valence-electron chi connectivity index (χ1n) is 3.14. The maximum Gasteiger partial charge on any atom is 0.170 e. The monoisotopic (exact) mass is 142 g/mol. The van der Waals surface area contributed by atoms with E-state index < -0.39 is 0 Å². The molecule has 0 saturated heterocycles. The molecule has 0 aliphatic carbocycles. The molecule has 0 atom stereocenters. The Morgan fingerprint density at radius 1 is 1.50 bits per heavy atom. The van der Waals surface area contributed by atoms with Crippen LogP contribution in [0.15, 0.2) is 10.2 Å². The minimum Gasteiger partial charge on any atom is -0.321 e. The quantitative estimate of drug-likeness (QED) is 0.189. The van der Waals surface area contributed by atoms with Crippen LogP contribution in [0.3, 0.4) is 0 Å². The lowest BCUT2D eigenvalue weighted by Gasteiger charge is -2.15. The molecule has 0 aromatic carbocycles. The van der Waals surface area contributed by atoms with Gasteiger partial charge in [-0.2, -0.15) is 5.10 Å². The predicted molar refractivity (Wildman–Crippen MR) is 40.8 cm³/mol. The van der Waals surface area contributed by atoms with Crippen molar-refractivity contribution in [3.63, 3.8) is 0 Å². The zero-order valence-electron chi connectivity index (χ0n) is 6.68. The first-order chi connectivity index (χ1) is 4.49. The number of hydrazone groups is 1. The van der Waals surface area contributed by atoms with Crippen LogP contribution < -0.4 is 5.84 Å². The summed E-state index contributed by atoms with van der Waals surface area (Å²) in [5.74, 6) is 5.36. The molecule has 4 heteroatoms. The maximum atomic E-state index is 6.65. The van der Waals surface area contributed by atoms with Crippen molar-refractivity contribution in [2.45, 2.75) is 27.2 Å². The van der Waals surface area contributed by atoms with Crippen LogP contribution in [0.1, 0.15) is 27.2 Å². The number of hydrogen-bond donors (Lipinski definition) is 2. The Morgan fingerprint density at radius 3 is 2.10 bits per heavy atom. The lowest BCUT2D eigenvalue weighted by atomic mass is 9.92. The minimum atomic E-state index is 0.1000. The van der Waals surface area contributed by atoms with Crippen LogP contribution in [-0.4, -0.2) is 5.84 Å². The number of amidine groups is 1. The third kappa shape index (κ3) is 4.00. The van der Waals surface area contributed by atoms with Crippen molar-refractivity contribution in [3.05, 3.63) is 0 Å². The van der Waals surface area contributed by atoms with Crippen molar-refractivity contribution in [1.82, 2.24) is 0 Å². The molecule has 0 unspecified atom stereocenters.